The van der Waals surface area contributed by atoms with Gasteiger partial charge in [-0.25, -0.2) is 4.90 Å². The second-order valence-corrected chi connectivity index (χ2v) is 17.1. The quantitative estimate of drug-likeness (QED) is 0.130. The molecule has 12 heteroatoms. The molecular weight excluding hydrogens is 748 g/mol. The van der Waals surface area contributed by atoms with Gasteiger partial charge in [-0.2, -0.15) is 5.10 Å². The van der Waals surface area contributed by atoms with E-state index in [-0.39, 0.29) is 41.5 Å². The average molecular weight is 789 g/mol. The fraction of sp³-hybridized carbons (Fsp3) is 0.341. The Balaban J connectivity index is 1.15. The summed E-state index contributed by atoms with van der Waals surface area (Å²) in [5.41, 5.74) is 3.54. The van der Waals surface area contributed by atoms with E-state index in [1.807, 2.05) is 76.2 Å². The molecule has 56 heavy (non-hydrogen) atoms. The van der Waals surface area contributed by atoms with Gasteiger partial charge >= 0.3 is 0 Å². The first-order valence-corrected chi connectivity index (χ1v) is 20.3. The molecule has 2 aromatic heterocycles. The van der Waals surface area contributed by atoms with E-state index < -0.39 is 35.0 Å². The second kappa shape index (κ2) is 13.2. The number of phenolic OH excluding ortho intramolecular Hbond substituents is 1. The van der Waals surface area contributed by atoms with Gasteiger partial charge in [0.05, 0.1) is 40.3 Å². The third-order valence-electron chi connectivity index (χ3n) is 12.7. The maximum absolute atomic E-state index is 15.2. The fourth-order valence-corrected chi connectivity index (χ4v) is 11.3. The van der Waals surface area contributed by atoms with Crippen LogP contribution in [0.3, 0.4) is 0 Å². The Morgan fingerprint density at radius 3 is 2.45 bits per heavy atom. The lowest BCUT2D eigenvalue weighted by atomic mass is 9.51. The number of allylic oxidation sites excluding steroid dienone is 2. The highest BCUT2D eigenvalue weighted by Gasteiger charge is 2.68. The molecule has 0 radical (unpaired) electrons. The summed E-state index contributed by atoms with van der Waals surface area (Å²) in [6.45, 7) is 8.04. The van der Waals surface area contributed by atoms with Crippen LogP contribution in [0.5, 0.6) is 11.5 Å². The van der Waals surface area contributed by atoms with Gasteiger partial charge < -0.3 is 9.84 Å². The molecule has 9 rings (SSSR count). The number of carbonyl (C=O) groups excluding carboxylic acids is 4. The van der Waals surface area contributed by atoms with Gasteiger partial charge in [-0.3, -0.25) is 28.8 Å². The number of carbonyl (C=O) groups is 4. The molecule has 3 aromatic carbocycles. The van der Waals surface area contributed by atoms with Crippen molar-refractivity contribution in [3.05, 3.63) is 100 Å². The molecule has 6 atom stereocenters. The number of nitrogens with zero attached hydrogens (tertiary/aromatic N) is 4. The number of ether oxygens (including phenoxy) is 1. The number of phenols is 1. The number of rotatable bonds is 7. The number of aryl methyl sites for hydroxylation is 3. The van der Waals surface area contributed by atoms with E-state index in [9.17, 15) is 19.5 Å². The predicted molar refractivity (Wildman–Crippen MR) is 216 cm³/mol. The number of amides is 4. The first-order valence-electron chi connectivity index (χ1n) is 19.1. The maximum Gasteiger partial charge on any atom is 0.242 e. The van der Waals surface area contributed by atoms with E-state index in [0.717, 1.165) is 38.1 Å². The monoisotopic (exact) mass is 788 g/mol. The van der Waals surface area contributed by atoms with Gasteiger partial charge in [0.15, 0.2) is 11.5 Å². The van der Waals surface area contributed by atoms with Crippen molar-refractivity contribution in [3.8, 4) is 22.1 Å². The van der Waals surface area contributed by atoms with E-state index >= 15 is 4.79 Å². The lowest BCUT2D eigenvalue weighted by Crippen LogP contribution is -2.49. The second-order valence-electron chi connectivity index (χ2n) is 15.6. The Kier molecular flexibility index (Phi) is 8.55. The third kappa shape index (κ3) is 5.16. The number of hydrogen-bond donors (Lipinski definition) is 1. The number of aromatic hydroxyl groups is 1. The van der Waals surface area contributed by atoms with Crippen LogP contribution < -0.4 is 14.5 Å². The van der Waals surface area contributed by atoms with Crippen LogP contribution in [0.15, 0.2) is 78.4 Å². The minimum absolute atomic E-state index is 0.0414. The highest BCUT2D eigenvalue weighted by atomic mass is 35.5. The molecule has 0 unspecified atom stereocenters. The maximum atomic E-state index is 15.2. The van der Waals surface area contributed by atoms with Crippen LogP contribution in [0.25, 0.3) is 20.7 Å². The van der Waals surface area contributed by atoms with Gasteiger partial charge in [-0.15, -0.1) is 11.3 Å². The van der Waals surface area contributed by atoms with Gasteiger partial charge in [0.25, 0.3) is 0 Å². The van der Waals surface area contributed by atoms with Crippen LogP contribution in [-0.4, -0.2) is 45.1 Å². The van der Waals surface area contributed by atoms with Crippen molar-refractivity contribution >= 4 is 68.2 Å². The van der Waals surface area contributed by atoms with Gasteiger partial charge in [0.1, 0.15) is 11.5 Å². The van der Waals surface area contributed by atoms with E-state index in [4.69, 9.17) is 21.4 Å². The SMILES string of the molecule is CCOc1cc([C@H]2C3=CC[C@@H]4C(=O)N(c5ccc(CC)cc5)C(=O)[C@@H]4[C@@H]3C[C@H]3C(=O)N(c4cc(-c5sc6ccc(Cl)cc6c5C)nn4C)C(=O)[C@@]23C)ccc1O. The van der Waals surface area contributed by atoms with Crippen molar-refractivity contribution in [2.45, 2.75) is 52.9 Å². The van der Waals surface area contributed by atoms with Crippen LogP contribution in [0.4, 0.5) is 11.5 Å². The lowest BCUT2D eigenvalue weighted by Gasteiger charge is -2.49. The lowest BCUT2D eigenvalue weighted by molar-refractivity contribution is -0.131. The van der Waals surface area contributed by atoms with Crippen LogP contribution in [-0.2, 0) is 32.6 Å². The molecule has 10 nitrogen and oxygen atoms in total. The Morgan fingerprint density at radius 1 is 0.946 bits per heavy atom. The van der Waals surface area contributed by atoms with Crippen LogP contribution in [0.2, 0.25) is 5.02 Å². The number of anilines is 2. The smallest absolute Gasteiger partial charge is 0.242 e. The van der Waals surface area contributed by atoms with Crippen molar-refractivity contribution in [1.82, 2.24) is 9.78 Å². The molecule has 286 valence electrons. The van der Waals surface area contributed by atoms with Gasteiger partial charge in [-0.1, -0.05) is 48.4 Å². The van der Waals surface area contributed by atoms with Gasteiger partial charge in [-0.05, 0) is 110 Å². The van der Waals surface area contributed by atoms with E-state index in [1.54, 1.807) is 47.3 Å². The molecule has 3 fully saturated rings. The summed E-state index contributed by atoms with van der Waals surface area (Å²) in [6.07, 6.45) is 3.41. The largest absolute Gasteiger partial charge is 0.504 e. The molecule has 0 bridgehead atoms. The zero-order chi connectivity index (χ0) is 39.4. The summed E-state index contributed by atoms with van der Waals surface area (Å²) in [5.74, 6) is -3.95. The molecule has 2 aliphatic carbocycles. The van der Waals surface area contributed by atoms with E-state index in [2.05, 4.69) is 0 Å². The van der Waals surface area contributed by atoms with Gasteiger partial charge in [0, 0.05) is 28.8 Å². The zero-order valence-corrected chi connectivity index (χ0v) is 33.3. The summed E-state index contributed by atoms with van der Waals surface area (Å²) in [4.78, 5) is 62.3. The normalized spacial score (nSPS) is 25.8. The van der Waals surface area contributed by atoms with Crippen LogP contribution in [0.1, 0.15) is 56.2 Å². The van der Waals surface area contributed by atoms with E-state index in [1.165, 1.54) is 9.80 Å². The molecule has 4 aliphatic rings. The zero-order valence-electron chi connectivity index (χ0n) is 31.7. The van der Waals surface area contributed by atoms with Crippen molar-refractivity contribution < 1.29 is 29.0 Å². The molecule has 2 aliphatic heterocycles. The highest BCUT2D eigenvalue weighted by molar-refractivity contribution is 7.22. The number of aromatic nitrogens is 2. The summed E-state index contributed by atoms with van der Waals surface area (Å²) in [7, 11) is 1.73. The Morgan fingerprint density at radius 2 is 1.71 bits per heavy atom. The van der Waals surface area contributed by atoms with Gasteiger partial charge in [0.2, 0.25) is 23.6 Å². The molecule has 4 amide bonds. The Labute approximate surface area is 333 Å². The first-order chi connectivity index (χ1) is 26.9. The van der Waals surface area contributed by atoms with Crippen molar-refractivity contribution in [3.63, 3.8) is 0 Å². The molecular formula is C44H41ClN4O6S. The summed E-state index contributed by atoms with van der Waals surface area (Å²) in [5, 5.41) is 17.2. The average Bonchev–Trinajstić information content (AvgIpc) is 3.86. The first kappa shape index (κ1) is 36.4. The van der Waals surface area contributed by atoms with E-state index in [0.29, 0.717) is 40.8 Å². The number of thiophene rings is 1. The van der Waals surface area contributed by atoms with Crippen molar-refractivity contribution in [1.29, 1.82) is 0 Å². The summed E-state index contributed by atoms with van der Waals surface area (Å²) < 4.78 is 8.44. The topological polar surface area (TPSA) is 122 Å². The number of halogens is 1. The fourth-order valence-electron chi connectivity index (χ4n) is 9.95. The van der Waals surface area contributed by atoms with Crippen LogP contribution in [0, 0.1) is 36.0 Å². The predicted octanol–water partition coefficient (Wildman–Crippen LogP) is 8.37. The number of hydrogen-bond acceptors (Lipinski definition) is 8. The van der Waals surface area contributed by atoms with Crippen molar-refractivity contribution in [2.24, 2.45) is 36.1 Å². The molecule has 1 saturated carbocycles. The molecule has 1 N–H and O–H groups in total. The Bertz CT molecular complexity index is 2540. The molecule has 2 saturated heterocycles. The minimum atomic E-state index is -1.28. The van der Waals surface area contributed by atoms with Crippen LogP contribution >= 0.6 is 22.9 Å². The third-order valence-corrected chi connectivity index (χ3v) is 14.2. The molecule has 5 aromatic rings. The summed E-state index contributed by atoms with van der Waals surface area (Å²) in [6, 6.07) is 20.1. The van der Waals surface area contributed by atoms with Crippen molar-refractivity contribution in [2.75, 3.05) is 16.4 Å². The molecule has 4 heterocycles. The minimum Gasteiger partial charge on any atom is -0.504 e. The molecule has 0 spiro atoms. The standard InChI is InChI=1S/C44H41ClN4O6S/c1-6-23-8-12-26(13-9-23)48-40(51)28-15-14-27-30(37(28)42(48)53)20-31-41(52)49(43(54)44(31,4)38(27)24-10-16-33(50)34(18-24)55-7-2)36-21-32(46-47(36)5)39-22(3)29-19-25(45)11-17-35(29)56-39/h8-14,16-19,21,28,30-31,37-38,50H,6-7,15,20H2,1-5H3/t28-,30+,31-,37-,38-,44+/m0/s1. The Hall–Kier alpha value is -5.26. The highest BCUT2D eigenvalue weighted by Crippen LogP contribution is 2.64. The number of imide groups is 2. The number of fused-ring (bicyclic) bond motifs is 5. The number of benzene rings is 3. The summed E-state index contributed by atoms with van der Waals surface area (Å²) >= 11 is 7.90.